The van der Waals surface area contributed by atoms with Gasteiger partial charge in [-0.15, -0.1) is 0 Å². The number of aromatic hydroxyl groups is 1. The monoisotopic (exact) mass is 357 g/mol. The summed E-state index contributed by atoms with van der Waals surface area (Å²) in [6.07, 6.45) is 5.12. The summed E-state index contributed by atoms with van der Waals surface area (Å²) < 4.78 is 6.82. The van der Waals surface area contributed by atoms with Crippen LogP contribution in [-0.4, -0.2) is 46.4 Å². The van der Waals surface area contributed by atoms with Crippen LogP contribution < -0.4 is 5.56 Å². The molecule has 1 saturated heterocycles. The summed E-state index contributed by atoms with van der Waals surface area (Å²) in [4.78, 5) is 20.0. The van der Waals surface area contributed by atoms with Crippen molar-refractivity contribution in [2.75, 3.05) is 26.8 Å². The lowest BCUT2D eigenvalue weighted by Crippen LogP contribution is -2.39. The van der Waals surface area contributed by atoms with Gasteiger partial charge in [0.15, 0.2) is 0 Å². The highest BCUT2D eigenvalue weighted by atomic mass is 16.5. The van der Waals surface area contributed by atoms with E-state index in [2.05, 4.69) is 9.88 Å². The molecular formula is C20H27N3O3. The van der Waals surface area contributed by atoms with Crippen molar-refractivity contribution in [3.8, 4) is 5.75 Å². The molecule has 1 aliphatic rings. The molecular weight excluding hydrogens is 330 g/mol. The zero-order valence-electron chi connectivity index (χ0n) is 15.5. The Kier molecular flexibility index (Phi) is 6.06. The molecule has 6 nitrogen and oxygen atoms in total. The third-order valence-corrected chi connectivity index (χ3v) is 5.04. The molecule has 1 aliphatic heterocycles. The standard InChI is InChI=1S/C20H27N3O3/c1-15-14-17(24)18(20(25)23(15)12-13-26-2)19(16-8-4-5-9-21-16)22-10-6-3-7-11-22/h4-5,8-9,14,19,24H,3,6-7,10-13H2,1-2H3. The number of likely N-dealkylation sites (tertiary alicyclic amines) is 1. The molecule has 1 unspecified atom stereocenters. The number of hydrogen-bond donors (Lipinski definition) is 1. The van der Waals surface area contributed by atoms with E-state index in [0.29, 0.717) is 18.7 Å². The quantitative estimate of drug-likeness (QED) is 0.860. The topological polar surface area (TPSA) is 67.6 Å². The van der Waals surface area contributed by atoms with E-state index in [1.807, 2.05) is 25.1 Å². The summed E-state index contributed by atoms with van der Waals surface area (Å²) in [5.74, 6) is 0.0439. The number of ether oxygens (including phenoxy) is 1. The van der Waals surface area contributed by atoms with Gasteiger partial charge in [-0.1, -0.05) is 12.5 Å². The first-order valence-corrected chi connectivity index (χ1v) is 9.20. The number of aryl methyl sites for hydroxylation is 1. The van der Waals surface area contributed by atoms with Gasteiger partial charge in [0.2, 0.25) is 0 Å². The van der Waals surface area contributed by atoms with E-state index in [9.17, 15) is 9.90 Å². The van der Waals surface area contributed by atoms with Gasteiger partial charge in [0.25, 0.3) is 5.56 Å². The maximum Gasteiger partial charge on any atom is 0.259 e. The number of hydrogen-bond acceptors (Lipinski definition) is 5. The maximum absolute atomic E-state index is 13.3. The van der Waals surface area contributed by atoms with E-state index in [-0.39, 0.29) is 17.4 Å². The fourth-order valence-electron chi connectivity index (χ4n) is 3.72. The molecule has 2 aromatic rings. The van der Waals surface area contributed by atoms with Crippen molar-refractivity contribution in [2.45, 2.75) is 38.8 Å². The van der Waals surface area contributed by atoms with Crippen molar-refractivity contribution in [1.29, 1.82) is 0 Å². The number of nitrogens with zero attached hydrogens (tertiary/aromatic N) is 3. The Morgan fingerprint density at radius 1 is 1.27 bits per heavy atom. The van der Waals surface area contributed by atoms with Crippen LogP contribution in [0.5, 0.6) is 5.75 Å². The van der Waals surface area contributed by atoms with Crippen LogP contribution in [0.3, 0.4) is 0 Å². The van der Waals surface area contributed by atoms with E-state index >= 15 is 0 Å². The molecule has 0 aromatic carbocycles. The Bertz CT molecular complexity index is 783. The van der Waals surface area contributed by atoms with Gasteiger partial charge >= 0.3 is 0 Å². The molecule has 3 rings (SSSR count). The zero-order valence-corrected chi connectivity index (χ0v) is 15.5. The molecule has 0 aliphatic carbocycles. The predicted octanol–water partition coefficient (Wildman–Crippen LogP) is 2.48. The van der Waals surface area contributed by atoms with Crippen LogP contribution in [-0.2, 0) is 11.3 Å². The highest BCUT2D eigenvalue weighted by Gasteiger charge is 2.30. The Labute approximate surface area is 154 Å². The van der Waals surface area contributed by atoms with Crippen LogP contribution in [0.4, 0.5) is 0 Å². The molecule has 3 heterocycles. The Morgan fingerprint density at radius 2 is 2.04 bits per heavy atom. The number of methoxy groups -OCH3 is 1. The lowest BCUT2D eigenvalue weighted by Gasteiger charge is -2.34. The summed E-state index contributed by atoms with van der Waals surface area (Å²) in [7, 11) is 1.62. The van der Waals surface area contributed by atoms with E-state index in [1.54, 1.807) is 23.9 Å². The van der Waals surface area contributed by atoms with Crippen molar-refractivity contribution in [2.24, 2.45) is 0 Å². The highest BCUT2D eigenvalue weighted by Crippen LogP contribution is 2.33. The lowest BCUT2D eigenvalue weighted by molar-refractivity contribution is 0.176. The summed E-state index contributed by atoms with van der Waals surface area (Å²) >= 11 is 0. The van der Waals surface area contributed by atoms with E-state index in [1.165, 1.54) is 6.42 Å². The number of rotatable bonds is 6. The molecule has 1 N–H and O–H groups in total. The second-order valence-electron chi connectivity index (χ2n) is 6.79. The average Bonchev–Trinajstić information content (AvgIpc) is 2.66. The smallest absolute Gasteiger partial charge is 0.259 e. The first-order valence-electron chi connectivity index (χ1n) is 9.20. The van der Waals surface area contributed by atoms with Gasteiger partial charge in [0.1, 0.15) is 5.75 Å². The summed E-state index contributed by atoms with van der Waals surface area (Å²) in [6, 6.07) is 7.05. The van der Waals surface area contributed by atoms with Crippen LogP contribution >= 0.6 is 0 Å². The van der Waals surface area contributed by atoms with Gasteiger partial charge in [-0.05, 0) is 51.1 Å². The fraction of sp³-hybridized carbons (Fsp3) is 0.500. The average molecular weight is 357 g/mol. The largest absolute Gasteiger partial charge is 0.507 e. The minimum Gasteiger partial charge on any atom is -0.507 e. The van der Waals surface area contributed by atoms with Crippen LogP contribution in [0.1, 0.15) is 42.3 Å². The molecule has 1 atom stereocenters. The van der Waals surface area contributed by atoms with Gasteiger partial charge in [-0.25, -0.2) is 0 Å². The van der Waals surface area contributed by atoms with Crippen LogP contribution in [0.25, 0.3) is 0 Å². The second-order valence-corrected chi connectivity index (χ2v) is 6.79. The molecule has 140 valence electrons. The van der Waals surface area contributed by atoms with E-state index in [0.717, 1.165) is 37.3 Å². The first-order chi connectivity index (χ1) is 12.6. The third-order valence-electron chi connectivity index (χ3n) is 5.04. The molecule has 0 amide bonds. The normalized spacial score (nSPS) is 16.5. The third kappa shape index (κ3) is 3.81. The summed E-state index contributed by atoms with van der Waals surface area (Å²) in [5.41, 5.74) is 1.77. The molecule has 2 aromatic heterocycles. The molecule has 0 spiro atoms. The molecule has 0 bridgehead atoms. The van der Waals surface area contributed by atoms with Crippen molar-refractivity contribution < 1.29 is 9.84 Å². The van der Waals surface area contributed by atoms with Gasteiger partial charge in [0, 0.05) is 25.5 Å². The van der Waals surface area contributed by atoms with Crippen LogP contribution in [0.15, 0.2) is 35.3 Å². The van der Waals surface area contributed by atoms with Gasteiger partial charge in [0.05, 0.1) is 23.9 Å². The fourth-order valence-corrected chi connectivity index (χ4v) is 3.72. The van der Waals surface area contributed by atoms with E-state index in [4.69, 9.17) is 4.74 Å². The van der Waals surface area contributed by atoms with Crippen molar-refractivity contribution >= 4 is 0 Å². The molecule has 6 heteroatoms. The molecule has 0 saturated carbocycles. The van der Waals surface area contributed by atoms with Crippen molar-refractivity contribution in [3.05, 3.63) is 57.8 Å². The van der Waals surface area contributed by atoms with E-state index < -0.39 is 0 Å². The molecule has 26 heavy (non-hydrogen) atoms. The number of piperidine rings is 1. The highest BCUT2D eigenvalue weighted by molar-refractivity contribution is 5.39. The number of pyridine rings is 2. The Morgan fingerprint density at radius 3 is 2.69 bits per heavy atom. The second kappa shape index (κ2) is 8.47. The Hall–Kier alpha value is -2.18. The minimum atomic E-state index is -0.335. The van der Waals surface area contributed by atoms with Gasteiger partial charge in [-0.3, -0.25) is 14.7 Å². The Balaban J connectivity index is 2.13. The zero-order chi connectivity index (χ0) is 18.5. The van der Waals surface area contributed by atoms with Crippen LogP contribution in [0.2, 0.25) is 0 Å². The van der Waals surface area contributed by atoms with Gasteiger partial charge in [-0.2, -0.15) is 0 Å². The number of aromatic nitrogens is 2. The SMILES string of the molecule is COCCn1c(C)cc(O)c(C(c2ccccn2)N2CCCCC2)c1=O. The lowest BCUT2D eigenvalue weighted by atomic mass is 9.98. The van der Waals surface area contributed by atoms with Crippen molar-refractivity contribution in [3.63, 3.8) is 0 Å². The summed E-state index contributed by atoms with van der Waals surface area (Å²) in [5, 5.41) is 10.7. The first kappa shape index (κ1) is 18.6. The molecule has 0 radical (unpaired) electrons. The maximum atomic E-state index is 13.3. The predicted molar refractivity (Wildman–Crippen MR) is 100 cm³/mol. The summed E-state index contributed by atoms with van der Waals surface area (Å²) in [6.45, 7) is 4.53. The molecule has 1 fully saturated rings. The minimum absolute atomic E-state index is 0.0439. The van der Waals surface area contributed by atoms with Crippen LogP contribution in [0, 0.1) is 6.92 Å². The van der Waals surface area contributed by atoms with Gasteiger partial charge < -0.3 is 14.4 Å². The van der Waals surface area contributed by atoms with Crippen molar-refractivity contribution in [1.82, 2.24) is 14.5 Å².